The van der Waals surface area contributed by atoms with E-state index in [4.69, 9.17) is 4.74 Å². The van der Waals surface area contributed by atoms with E-state index >= 15 is 0 Å². The third kappa shape index (κ3) is 25.8. The van der Waals surface area contributed by atoms with E-state index in [1.54, 1.807) is 52.9 Å². The number of ether oxygens (including phenoxy) is 1. The molecule has 0 fully saturated rings. The molecule has 1 aromatic heterocycles. The van der Waals surface area contributed by atoms with Crippen LogP contribution in [0.15, 0.2) is 103 Å². The number of rotatable bonds is 27. The fourth-order valence-electron chi connectivity index (χ4n) is 4.43. The summed E-state index contributed by atoms with van der Waals surface area (Å²) in [5, 5.41) is 18.3. The minimum Gasteiger partial charge on any atom is -0.447 e. The van der Waals surface area contributed by atoms with Crippen molar-refractivity contribution >= 4 is 39.5 Å². The summed E-state index contributed by atoms with van der Waals surface area (Å²) in [7, 11) is 3.23. The Labute approximate surface area is 326 Å². The van der Waals surface area contributed by atoms with E-state index in [0.717, 1.165) is 32.1 Å². The fraction of sp³-hybridized carbons (Fsp3) is 0.500. The van der Waals surface area contributed by atoms with Crippen LogP contribution in [0.1, 0.15) is 89.9 Å². The van der Waals surface area contributed by atoms with Crippen LogP contribution >= 0.6 is 21.6 Å². The van der Waals surface area contributed by atoms with Crippen molar-refractivity contribution in [1.29, 1.82) is 0 Å². The predicted molar refractivity (Wildman–Crippen MR) is 224 cm³/mol. The summed E-state index contributed by atoms with van der Waals surface area (Å²) in [6.07, 6.45) is 32.5. The van der Waals surface area contributed by atoms with E-state index in [1.807, 2.05) is 38.2 Å². The first-order chi connectivity index (χ1) is 25.6. The van der Waals surface area contributed by atoms with Crippen LogP contribution in [-0.4, -0.2) is 70.8 Å². The Morgan fingerprint density at radius 2 is 1.75 bits per heavy atom. The number of nitrogens with one attached hydrogen (secondary N) is 3. The van der Waals surface area contributed by atoms with Crippen molar-refractivity contribution in [2.75, 3.05) is 32.0 Å². The van der Waals surface area contributed by atoms with Gasteiger partial charge in [0.05, 0.1) is 11.7 Å². The second-order valence-electron chi connectivity index (χ2n) is 13.0. The van der Waals surface area contributed by atoms with E-state index in [-0.39, 0.29) is 35.6 Å². The van der Waals surface area contributed by atoms with E-state index in [0.29, 0.717) is 36.7 Å². The smallest absolute Gasteiger partial charge is 0.407 e. The van der Waals surface area contributed by atoms with Gasteiger partial charge < -0.3 is 25.8 Å². The van der Waals surface area contributed by atoms with Gasteiger partial charge in [-0.2, -0.15) is 0 Å². The van der Waals surface area contributed by atoms with Gasteiger partial charge in [-0.05, 0) is 89.0 Å². The topological polar surface area (TPSA) is 130 Å². The maximum absolute atomic E-state index is 12.7. The lowest BCUT2D eigenvalue weighted by Gasteiger charge is -2.33. The van der Waals surface area contributed by atoms with Crippen LogP contribution in [0.3, 0.4) is 0 Å². The Morgan fingerprint density at radius 1 is 1.00 bits per heavy atom. The van der Waals surface area contributed by atoms with E-state index in [9.17, 15) is 19.5 Å². The number of hydrogen-bond donors (Lipinski definition) is 4. The molecule has 1 heterocycles. The first kappa shape index (κ1) is 47.3. The molecule has 3 amide bonds. The molecule has 11 heteroatoms. The Morgan fingerprint density at radius 3 is 2.47 bits per heavy atom. The number of nitrogens with zero attached hydrogens (tertiary/aromatic N) is 1. The van der Waals surface area contributed by atoms with Gasteiger partial charge in [-0.15, -0.1) is 5.73 Å². The number of carbonyl (C=O) groups is 3. The molecular formula is C42H62N4O5S2. The van der Waals surface area contributed by atoms with Crippen LogP contribution in [0, 0.1) is 11.8 Å². The van der Waals surface area contributed by atoms with Gasteiger partial charge in [0.15, 0.2) is 0 Å². The summed E-state index contributed by atoms with van der Waals surface area (Å²) in [6.45, 7) is 11.3. The minimum absolute atomic E-state index is 0.0831. The van der Waals surface area contributed by atoms with E-state index in [2.05, 4.69) is 77.0 Å². The summed E-state index contributed by atoms with van der Waals surface area (Å²) in [6, 6.07) is 3.39. The first-order valence-electron chi connectivity index (χ1n) is 18.6. The average Bonchev–Trinajstić information content (AvgIpc) is 3.15. The minimum atomic E-state index is -0.713. The van der Waals surface area contributed by atoms with Crippen LogP contribution < -0.4 is 16.0 Å². The van der Waals surface area contributed by atoms with Crippen LogP contribution in [0.5, 0.6) is 0 Å². The second-order valence-corrected chi connectivity index (χ2v) is 16.1. The average molecular weight is 767 g/mol. The maximum Gasteiger partial charge on any atom is 0.407 e. The molecule has 1 aromatic rings. The fourth-order valence-corrected chi connectivity index (χ4v) is 7.13. The highest BCUT2D eigenvalue weighted by molar-refractivity contribution is 8.77. The molecule has 0 radical (unpaired) electrons. The molecule has 0 saturated heterocycles. The molecule has 0 saturated carbocycles. The van der Waals surface area contributed by atoms with E-state index in [1.165, 1.54) is 18.7 Å². The number of aromatic nitrogens is 1. The number of carbonyl (C=O) groups excluding carboxylic acids is 3. The number of pyridine rings is 1. The van der Waals surface area contributed by atoms with Crippen molar-refractivity contribution < 1.29 is 24.2 Å². The van der Waals surface area contributed by atoms with Gasteiger partial charge in [0.1, 0.15) is 6.61 Å². The number of alkyl carbamates (subject to hydrolysis) is 1. The highest BCUT2D eigenvalue weighted by atomic mass is 33.1. The lowest BCUT2D eigenvalue weighted by atomic mass is 9.94. The van der Waals surface area contributed by atoms with Crippen LogP contribution in [-0.2, 0) is 9.53 Å². The molecule has 1 rings (SSSR count). The molecule has 0 bridgehead atoms. The van der Waals surface area contributed by atoms with Crippen LogP contribution in [0.25, 0.3) is 0 Å². The lowest BCUT2D eigenvalue weighted by Crippen LogP contribution is -2.45. The predicted octanol–water partition coefficient (Wildman–Crippen LogP) is 8.69. The third-order valence-corrected chi connectivity index (χ3v) is 11.3. The number of hydrogen-bond acceptors (Lipinski definition) is 8. The maximum atomic E-state index is 12.7. The summed E-state index contributed by atoms with van der Waals surface area (Å²) in [4.78, 5) is 41.2. The Bertz CT molecular complexity index is 1380. The zero-order chi connectivity index (χ0) is 39.0. The van der Waals surface area contributed by atoms with Gasteiger partial charge in [0, 0.05) is 54.5 Å². The molecular weight excluding hydrogens is 705 g/mol. The van der Waals surface area contributed by atoms with Gasteiger partial charge in [-0.25, -0.2) is 4.79 Å². The monoisotopic (exact) mass is 766 g/mol. The standard InChI is InChI=1S/C42H62N4O5S2/c1-6-8-9-20-24-35(3)25-21-18-16-14-12-10-11-13-15-17-19-22-27-39(48)44-29-30-52-53-42(4,5)37(33-46-41(50)51-34-38(47)7-2)32-45-40(49)36-26-23-28-43-31-36/h8-9,11-14,16-17,19,21-23,26-28,31,35,37-38,47H,6-7,10,15,20,24-25,29-30,32-34H2,1-5H3,(H,44,48)(H,45,49)(H,46,50)/b9-8-,13-11-,14-12-,19-17-,27-22+/t18?,35?,37-,38+/m1/s1. The second kappa shape index (κ2) is 30.7. The number of amides is 3. The van der Waals surface area contributed by atoms with Crippen molar-refractivity contribution in [1.82, 2.24) is 20.9 Å². The van der Waals surface area contributed by atoms with Crippen molar-refractivity contribution in [2.24, 2.45) is 11.8 Å². The van der Waals surface area contributed by atoms with Gasteiger partial charge in [-0.3, -0.25) is 14.6 Å². The molecule has 0 aromatic carbocycles. The molecule has 3 atom stereocenters. The first-order valence-corrected chi connectivity index (χ1v) is 20.9. The van der Waals surface area contributed by atoms with Crippen molar-refractivity contribution in [3.8, 4) is 0 Å². The quantitative estimate of drug-likeness (QED) is 0.0175. The van der Waals surface area contributed by atoms with Crippen LogP contribution in [0.4, 0.5) is 4.79 Å². The molecule has 0 aliphatic heterocycles. The molecule has 0 spiro atoms. The SMILES string of the molecule is CC/C=C\CCC(C)CC=C=C/C=C\C/C=C\C/C=C\C=C\C(=O)NCCSSC(C)(C)[C@@H](CNC(=O)OC[C@@H](O)CC)CNC(=O)c1cccnc1. The zero-order valence-electron chi connectivity index (χ0n) is 32.3. The molecule has 292 valence electrons. The highest BCUT2D eigenvalue weighted by Crippen LogP contribution is 2.40. The molecule has 0 aliphatic carbocycles. The third-order valence-electron chi connectivity index (χ3n) is 7.95. The lowest BCUT2D eigenvalue weighted by molar-refractivity contribution is -0.116. The largest absolute Gasteiger partial charge is 0.447 e. The molecule has 4 N–H and O–H groups in total. The van der Waals surface area contributed by atoms with E-state index < -0.39 is 12.2 Å². The highest BCUT2D eigenvalue weighted by Gasteiger charge is 2.31. The number of aliphatic hydroxyl groups excluding tert-OH is 1. The Kier molecular flexibility index (Phi) is 27.4. The van der Waals surface area contributed by atoms with Crippen molar-refractivity contribution in [3.63, 3.8) is 0 Å². The molecule has 1 unspecified atom stereocenters. The van der Waals surface area contributed by atoms with Gasteiger partial charge in [0.2, 0.25) is 5.91 Å². The Hall–Kier alpha value is -3.76. The normalized spacial score (nSPS) is 13.7. The van der Waals surface area contributed by atoms with Gasteiger partial charge in [-0.1, -0.05) is 97.0 Å². The number of aliphatic hydroxyl groups is 1. The Balaban J connectivity index is 2.38. The van der Waals surface area contributed by atoms with Crippen molar-refractivity contribution in [3.05, 3.63) is 109 Å². The van der Waals surface area contributed by atoms with Crippen molar-refractivity contribution in [2.45, 2.75) is 90.4 Å². The summed E-state index contributed by atoms with van der Waals surface area (Å²) in [5.41, 5.74) is 3.69. The molecule has 53 heavy (non-hydrogen) atoms. The van der Waals surface area contributed by atoms with Gasteiger partial charge >= 0.3 is 6.09 Å². The van der Waals surface area contributed by atoms with Crippen LogP contribution in [0.2, 0.25) is 0 Å². The number of allylic oxidation sites excluding steroid dienone is 10. The molecule has 0 aliphatic rings. The van der Waals surface area contributed by atoms with Gasteiger partial charge in [0.25, 0.3) is 5.91 Å². The molecule has 9 nitrogen and oxygen atoms in total. The summed E-state index contributed by atoms with van der Waals surface area (Å²) < 4.78 is 4.74. The summed E-state index contributed by atoms with van der Waals surface area (Å²) >= 11 is 0. The zero-order valence-corrected chi connectivity index (χ0v) is 33.9. The summed E-state index contributed by atoms with van der Waals surface area (Å²) in [5.74, 6) is 0.772.